The van der Waals surface area contributed by atoms with E-state index in [0.29, 0.717) is 25.0 Å². The summed E-state index contributed by atoms with van der Waals surface area (Å²) in [4.78, 5) is 24.6. The molecule has 1 heterocycles. The van der Waals surface area contributed by atoms with Gasteiger partial charge in [-0.25, -0.2) is 0 Å². The van der Waals surface area contributed by atoms with Crippen molar-refractivity contribution >= 4 is 17.5 Å². The van der Waals surface area contributed by atoms with Crippen LogP contribution in [0.5, 0.6) is 0 Å². The molecule has 1 fully saturated rings. The molecule has 138 valence electrons. The molecule has 5 heteroatoms. The van der Waals surface area contributed by atoms with Gasteiger partial charge in [0.2, 0.25) is 11.8 Å². The van der Waals surface area contributed by atoms with Gasteiger partial charge in [-0.3, -0.25) is 9.59 Å². The number of nitrogens with one attached hydrogen (secondary N) is 2. The molecule has 1 aliphatic rings. The van der Waals surface area contributed by atoms with Crippen LogP contribution in [-0.2, 0) is 14.3 Å². The van der Waals surface area contributed by atoms with Gasteiger partial charge in [0.05, 0.1) is 6.54 Å². The molecule has 0 unspecified atom stereocenters. The van der Waals surface area contributed by atoms with Crippen LogP contribution in [0.1, 0.15) is 63.5 Å². The molecular formula is C20H30N2O3. The molecule has 0 bridgehead atoms. The van der Waals surface area contributed by atoms with Crippen molar-refractivity contribution in [3.8, 4) is 0 Å². The predicted octanol–water partition coefficient (Wildman–Crippen LogP) is 3.41. The number of benzene rings is 1. The second-order valence-corrected chi connectivity index (χ2v) is 7.27. The average Bonchev–Trinajstić information content (AvgIpc) is 2.60. The van der Waals surface area contributed by atoms with Gasteiger partial charge in [-0.15, -0.1) is 0 Å². The van der Waals surface area contributed by atoms with E-state index in [9.17, 15) is 9.59 Å². The van der Waals surface area contributed by atoms with Crippen LogP contribution in [0.15, 0.2) is 18.2 Å². The molecule has 1 aliphatic heterocycles. The van der Waals surface area contributed by atoms with E-state index in [1.54, 1.807) is 0 Å². The van der Waals surface area contributed by atoms with Crippen LogP contribution in [0, 0.1) is 5.92 Å². The molecule has 0 saturated carbocycles. The number of hydrogen-bond acceptors (Lipinski definition) is 3. The number of amides is 2. The predicted molar refractivity (Wildman–Crippen MR) is 99.8 cm³/mol. The standard InChI is InChI=1S/C20H30N2O3/c1-13(2)16-6-5-7-17(14(3)4)19(16)22-18(23)12-21-20(24)15-8-10-25-11-9-15/h5-7,13-15H,8-12H2,1-4H3,(H,21,24)(H,22,23). The van der Waals surface area contributed by atoms with E-state index in [0.717, 1.165) is 29.7 Å². The summed E-state index contributed by atoms with van der Waals surface area (Å²) in [5.41, 5.74) is 3.13. The zero-order valence-electron chi connectivity index (χ0n) is 15.7. The smallest absolute Gasteiger partial charge is 0.243 e. The minimum Gasteiger partial charge on any atom is -0.381 e. The monoisotopic (exact) mass is 346 g/mol. The zero-order chi connectivity index (χ0) is 18.4. The third-order valence-corrected chi connectivity index (χ3v) is 4.65. The second-order valence-electron chi connectivity index (χ2n) is 7.27. The molecule has 0 atom stereocenters. The number of para-hydroxylation sites is 1. The van der Waals surface area contributed by atoms with Gasteiger partial charge in [-0.05, 0) is 35.8 Å². The van der Waals surface area contributed by atoms with Crippen LogP contribution in [0.25, 0.3) is 0 Å². The summed E-state index contributed by atoms with van der Waals surface area (Å²) in [5, 5.41) is 5.79. The highest BCUT2D eigenvalue weighted by atomic mass is 16.5. The first-order valence-electron chi connectivity index (χ1n) is 9.18. The molecule has 0 aliphatic carbocycles. The van der Waals surface area contributed by atoms with Crippen molar-refractivity contribution in [3.63, 3.8) is 0 Å². The maximum Gasteiger partial charge on any atom is 0.243 e. The lowest BCUT2D eigenvalue weighted by Gasteiger charge is -2.22. The van der Waals surface area contributed by atoms with Crippen molar-refractivity contribution in [1.82, 2.24) is 5.32 Å². The van der Waals surface area contributed by atoms with Gasteiger partial charge in [0, 0.05) is 24.8 Å². The molecule has 2 N–H and O–H groups in total. The highest BCUT2D eigenvalue weighted by Crippen LogP contribution is 2.32. The molecule has 0 spiro atoms. The lowest BCUT2D eigenvalue weighted by Crippen LogP contribution is -2.39. The minimum atomic E-state index is -0.185. The lowest BCUT2D eigenvalue weighted by molar-refractivity contribution is -0.129. The Bertz CT molecular complexity index is 579. The van der Waals surface area contributed by atoms with Crippen molar-refractivity contribution in [1.29, 1.82) is 0 Å². The zero-order valence-corrected chi connectivity index (χ0v) is 15.7. The van der Waals surface area contributed by atoms with Gasteiger partial charge in [0.25, 0.3) is 0 Å². The second kappa shape index (κ2) is 8.99. The Morgan fingerprint density at radius 1 is 1.08 bits per heavy atom. The SMILES string of the molecule is CC(C)c1cccc(C(C)C)c1NC(=O)CNC(=O)C1CCOCC1. The first-order valence-corrected chi connectivity index (χ1v) is 9.18. The molecule has 1 aromatic carbocycles. The summed E-state index contributed by atoms with van der Waals surface area (Å²) < 4.78 is 5.27. The summed E-state index contributed by atoms with van der Waals surface area (Å²) in [5.74, 6) is 0.336. The van der Waals surface area contributed by atoms with E-state index in [1.807, 2.05) is 18.2 Å². The van der Waals surface area contributed by atoms with Crippen molar-refractivity contribution in [3.05, 3.63) is 29.3 Å². The molecule has 25 heavy (non-hydrogen) atoms. The van der Waals surface area contributed by atoms with Crippen LogP contribution < -0.4 is 10.6 Å². The van der Waals surface area contributed by atoms with E-state index >= 15 is 0 Å². The van der Waals surface area contributed by atoms with Crippen LogP contribution >= 0.6 is 0 Å². The van der Waals surface area contributed by atoms with E-state index < -0.39 is 0 Å². The highest BCUT2D eigenvalue weighted by Gasteiger charge is 2.22. The topological polar surface area (TPSA) is 67.4 Å². The van der Waals surface area contributed by atoms with Gasteiger partial charge in [0.1, 0.15) is 0 Å². The van der Waals surface area contributed by atoms with E-state index in [1.165, 1.54) is 0 Å². The quantitative estimate of drug-likeness (QED) is 0.829. The number of anilines is 1. The first kappa shape index (κ1) is 19.4. The Hall–Kier alpha value is -1.88. The maximum absolute atomic E-state index is 12.4. The largest absolute Gasteiger partial charge is 0.381 e. The van der Waals surface area contributed by atoms with Crippen LogP contribution in [0.3, 0.4) is 0 Å². The molecule has 1 saturated heterocycles. The fourth-order valence-electron chi connectivity index (χ4n) is 3.15. The number of carbonyl (C=O) groups excluding carboxylic acids is 2. The Balaban J connectivity index is 2.01. The average molecular weight is 346 g/mol. The third kappa shape index (κ3) is 5.30. The Morgan fingerprint density at radius 3 is 2.16 bits per heavy atom. The van der Waals surface area contributed by atoms with E-state index in [2.05, 4.69) is 38.3 Å². The normalized spacial score (nSPS) is 15.4. The number of rotatable bonds is 6. The van der Waals surface area contributed by atoms with E-state index in [-0.39, 0.29) is 24.3 Å². The van der Waals surface area contributed by atoms with Gasteiger partial charge in [0.15, 0.2) is 0 Å². The summed E-state index contributed by atoms with van der Waals surface area (Å²) in [6.45, 7) is 9.68. The van der Waals surface area contributed by atoms with Crippen LogP contribution in [0.4, 0.5) is 5.69 Å². The molecule has 5 nitrogen and oxygen atoms in total. The molecule has 2 amide bonds. The summed E-state index contributed by atoms with van der Waals surface area (Å²) >= 11 is 0. The van der Waals surface area contributed by atoms with Crippen molar-refractivity contribution in [2.75, 3.05) is 25.1 Å². The Labute approximate surface area is 150 Å². The third-order valence-electron chi connectivity index (χ3n) is 4.65. The van der Waals surface area contributed by atoms with Crippen molar-refractivity contribution in [2.24, 2.45) is 5.92 Å². The number of hydrogen-bond donors (Lipinski definition) is 2. The molecular weight excluding hydrogens is 316 g/mol. The van der Waals surface area contributed by atoms with Gasteiger partial charge < -0.3 is 15.4 Å². The number of ether oxygens (including phenoxy) is 1. The Morgan fingerprint density at radius 2 is 1.64 bits per heavy atom. The number of carbonyl (C=O) groups is 2. The summed E-state index contributed by atoms with van der Waals surface area (Å²) in [6, 6.07) is 6.13. The fourth-order valence-corrected chi connectivity index (χ4v) is 3.15. The molecule has 0 radical (unpaired) electrons. The van der Waals surface area contributed by atoms with Crippen LogP contribution in [0.2, 0.25) is 0 Å². The molecule has 0 aromatic heterocycles. The van der Waals surface area contributed by atoms with Gasteiger partial charge in [-0.2, -0.15) is 0 Å². The van der Waals surface area contributed by atoms with E-state index in [4.69, 9.17) is 4.74 Å². The van der Waals surface area contributed by atoms with Crippen LogP contribution in [-0.4, -0.2) is 31.6 Å². The first-order chi connectivity index (χ1) is 11.9. The summed E-state index contributed by atoms with van der Waals surface area (Å²) in [7, 11) is 0. The lowest BCUT2D eigenvalue weighted by atomic mass is 9.92. The van der Waals surface area contributed by atoms with Crippen molar-refractivity contribution in [2.45, 2.75) is 52.4 Å². The summed E-state index contributed by atoms with van der Waals surface area (Å²) in [6.07, 6.45) is 1.45. The molecule has 2 rings (SSSR count). The highest BCUT2D eigenvalue weighted by molar-refractivity contribution is 5.96. The fraction of sp³-hybridized carbons (Fsp3) is 0.600. The van der Waals surface area contributed by atoms with Crippen molar-refractivity contribution < 1.29 is 14.3 Å². The Kier molecular flexibility index (Phi) is 7.00. The van der Waals surface area contributed by atoms with Gasteiger partial charge in [-0.1, -0.05) is 45.9 Å². The van der Waals surface area contributed by atoms with Gasteiger partial charge >= 0.3 is 0 Å². The maximum atomic E-state index is 12.4. The molecule has 1 aromatic rings. The minimum absolute atomic E-state index is 0.000154.